The van der Waals surface area contributed by atoms with E-state index in [9.17, 15) is 13.2 Å². The fraction of sp³-hybridized carbons (Fsp3) is 0.0714. The molecule has 0 amide bonds. The SMILES string of the molecule is FC(F)(F)c1cccc(NC(=S)Nc2ccccc2Br)c1. The Morgan fingerprint density at radius 2 is 1.71 bits per heavy atom. The van der Waals surface area contributed by atoms with E-state index < -0.39 is 11.7 Å². The zero-order valence-electron chi connectivity index (χ0n) is 10.5. The van der Waals surface area contributed by atoms with Gasteiger partial charge in [0.05, 0.1) is 11.3 Å². The normalized spacial score (nSPS) is 11.0. The van der Waals surface area contributed by atoms with Crippen LogP contribution in [0, 0.1) is 0 Å². The summed E-state index contributed by atoms with van der Waals surface area (Å²) in [7, 11) is 0. The molecular weight excluding hydrogens is 365 g/mol. The van der Waals surface area contributed by atoms with Gasteiger partial charge in [-0.2, -0.15) is 13.2 Å². The maximum atomic E-state index is 12.6. The quantitative estimate of drug-likeness (QED) is 0.699. The number of anilines is 2. The molecule has 2 nitrogen and oxygen atoms in total. The van der Waals surface area contributed by atoms with Gasteiger partial charge in [-0.15, -0.1) is 0 Å². The lowest BCUT2D eigenvalue weighted by Gasteiger charge is -2.13. The Balaban J connectivity index is 2.08. The van der Waals surface area contributed by atoms with E-state index in [0.717, 1.165) is 22.3 Å². The van der Waals surface area contributed by atoms with Gasteiger partial charge in [0.15, 0.2) is 5.11 Å². The number of halogens is 4. The lowest BCUT2D eigenvalue weighted by atomic mass is 10.2. The van der Waals surface area contributed by atoms with Crippen molar-refractivity contribution in [3.63, 3.8) is 0 Å². The molecule has 0 fully saturated rings. The highest BCUT2D eigenvalue weighted by molar-refractivity contribution is 9.10. The van der Waals surface area contributed by atoms with Crippen LogP contribution in [0.25, 0.3) is 0 Å². The van der Waals surface area contributed by atoms with Crippen molar-refractivity contribution in [3.8, 4) is 0 Å². The molecule has 0 spiro atoms. The predicted octanol–water partition coefficient (Wildman–Crippen LogP) is 5.28. The second-order valence-corrected chi connectivity index (χ2v) is 5.40. The molecule has 0 aromatic heterocycles. The van der Waals surface area contributed by atoms with Crippen molar-refractivity contribution in [1.29, 1.82) is 0 Å². The molecule has 0 unspecified atom stereocenters. The third kappa shape index (κ3) is 4.44. The first-order valence-corrected chi connectivity index (χ1v) is 7.06. The zero-order valence-corrected chi connectivity index (χ0v) is 12.9. The van der Waals surface area contributed by atoms with Crippen LogP contribution in [0.5, 0.6) is 0 Å². The molecule has 110 valence electrons. The summed E-state index contributed by atoms with van der Waals surface area (Å²) in [5, 5.41) is 5.85. The Morgan fingerprint density at radius 3 is 2.38 bits per heavy atom. The molecule has 2 aromatic rings. The van der Waals surface area contributed by atoms with Gasteiger partial charge in [0.25, 0.3) is 0 Å². The number of hydrogen-bond donors (Lipinski definition) is 2. The molecule has 0 radical (unpaired) electrons. The first kappa shape index (κ1) is 15.8. The zero-order chi connectivity index (χ0) is 15.5. The smallest absolute Gasteiger partial charge is 0.332 e. The van der Waals surface area contributed by atoms with Crippen molar-refractivity contribution >= 4 is 44.6 Å². The topological polar surface area (TPSA) is 24.1 Å². The van der Waals surface area contributed by atoms with Crippen molar-refractivity contribution in [1.82, 2.24) is 0 Å². The molecule has 0 saturated heterocycles. The molecule has 0 aliphatic rings. The maximum Gasteiger partial charge on any atom is 0.416 e. The molecule has 0 bridgehead atoms. The minimum absolute atomic E-state index is 0.209. The Labute approximate surface area is 133 Å². The van der Waals surface area contributed by atoms with E-state index in [1.165, 1.54) is 12.1 Å². The van der Waals surface area contributed by atoms with Crippen LogP contribution in [0.3, 0.4) is 0 Å². The van der Waals surface area contributed by atoms with Crippen molar-refractivity contribution in [2.45, 2.75) is 6.18 Å². The maximum absolute atomic E-state index is 12.6. The van der Waals surface area contributed by atoms with Crippen LogP contribution in [0.4, 0.5) is 24.5 Å². The Kier molecular flexibility index (Phi) is 4.84. The van der Waals surface area contributed by atoms with E-state index in [4.69, 9.17) is 12.2 Å². The molecule has 2 rings (SSSR count). The molecule has 2 N–H and O–H groups in total. The van der Waals surface area contributed by atoms with E-state index in [0.29, 0.717) is 0 Å². The van der Waals surface area contributed by atoms with Crippen molar-refractivity contribution in [3.05, 3.63) is 58.6 Å². The summed E-state index contributed by atoms with van der Waals surface area (Å²) in [6.07, 6.45) is -4.38. The van der Waals surface area contributed by atoms with Gasteiger partial charge in [-0.25, -0.2) is 0 Å². The van der Waals surface area contributed by atoms with Gasteiger partial charge in [-0.1, -0.05) is 18.2 Å². The van der Waals surface area contributed by atoms with Crippen LogP contribution in [0.2, 0.25) is 0 Å². The van der Waals surface area contributed by atoms with Gasteiger partial charge in [0, 0.05) is 10.2 Å². The van der Waals surface area contributed by atoms with Crippen LogP contribution in [0.1, 0.15) is 5.56 Å². The van der Waals surface area contributed by atoms with E-state index in [1.54, 1.807) is 6.07 Å². The summed E-state index contributed by atoms with van der Waals surface area (Å²) >= 11 is 8.44. The average molecular weight is 375 g/mol. The number of para-hydroxylation sites is 1. The van der Waals surface area contributed by atoms with Gasteiger partial charge in [0.2, 0.25) is 0 Å². The third-order valence-electron chi connectivity index (χ3n) is 2.57. The van der Waals surface area contributed by atoms with E-state index in [2.05, 4.69) is 26.6 Å². The second kappa shape index (κ2) is 6.44. The number of benzene rings is 2. The summed E-state index contributed by atoms with van der Waals surface area (Å²) in [5.41, 5.74) is 0.271. The molecule has 21 heavy (non-hydrogen) atoms. The summed E-state index contributed by atoms with van der Waals surface area (Å²) in [6, 6.07) is 12.1. The number of alkyl halides is 3. The molecule has 0 atom stereocenters. The first-order chi connectivity index (χ1) is 9.86. The molecule has 0 aliphatic heterocycles. The highest BCUT2D eigenvalue weighted by Gasteiger charge is 2.30. The van der Waals surface area contributed by atoms with Crippen molar-refractivity contribution < 1.29 is 13.2 Å². The van der Waals surface area contributed by atoms with Crippen LogP contribution in [-0.4, -0.2) is 5.11 Å². The summed E-state index contributed by atoms with van der Waals surface area (Å²) in [5.74, 6) is 0. The Bertz CT molecular complexity index is 659. The first-order valence-electron chi connectivity index (χ1n) is 5.86. The van der Waals surface area contributed by atoms with Gasteiger partial charge in [-0.05, 0) is 58.5 Å². The molecule has 7 heteroatoms. The Hall–Kier alpha value is -1.60. The molecule has 0 heterocycles. The minimum atomic E-state index is -4.38. The number of hydrogen-bond acceptors (Lipinski definition) is 1. The number of rotatable bonds is 2. The van der Waals surface area contributed by atoms with Crippen LogP contribution >= 0.6 is 28.1 Å². The standard InChI is InChI=1S/C14H10BrF3N2S/c15-11-6-1-2-7-12(11)20-13(21)19-10-5-3-4-9(8-10)14(16,17)18/h1-8H,(H2,19,20,21). The largest absolute Gasteiger partial charge is 0.416 e. The minimum Gasteiger partial charge on any atom is -0.332 e. The summed E-state index contributed by atoms with van der Waals surface area (Å²) < 4.78 is 38.7. The fourth-order valence-electron chi connectivity index (χ4n) is 1.62. The number of nitrogens with one attached hydrogen (secondary N) is 2. The van der Waals surface area contributed by atoms with Crippen molar-refractivity contribution in [2.24, 2.45) is 0 Å². The van der Waals surface area contributed by atoms with E-state index in [1.807, 2.05) is 18.2 Å². The third-order valence-corrected chi connectivity index (χ3v) is 3.47. The predicted molar refractivity (Wildman–Crippen MR) is 85.4 cm³/mol. The lowest BCUT2D eigenvalue weighted by Crippen LogP contribution is -2.19. The highest BCUT2D eigenvalue weighted by atomic mass is 79.9. The average Bonchev–Trinajstić information content (AvgIpc) is 2.41. The van der Waals surface area contributed by atoms with E-state index >= 15 is 0 Å². The van der Waals surface area contributed by atoms with Crippen LogP contribution in [-0.2, 0) is 6.18 Å². The van der Waals surface area contributed by atoms with Crippen LogP contribution in [0.15, 0.2) is 53.0 Å². The summed E-state index contributed by atoms with van der Waals surface area (Å²) in [6.45, 7) is 0. The number of thiocarbonyl (C=S) groups is 1. The molecule has 2 aromatic carbocycles. The monoisotopic (exact) mass is 374 g/mol. The molecule has 0 saturated carbocycles. The second-order valence-electron chi connectivity index (χ2n) is 4.14. The lowest BCUT2D eigenvalue weighted by molar-refractivity contribution is -0.137. The highest BCUT2D eigenvalue weighted by Crippen LogP contribution is 2.30. The molecule has 0 aliphatic carbocycles. The van der Waals surface area contributed by atoms with E-state index in [-0.39, 0.29) is 10.8 Å². The van der Waals surface area contributed by atoms with Crippen LogP contribution < -0.4 is 10.6 Å². The van der Waals surface area contributed by atoms with Gasteiger partial charge >= 0.3 is 6.18 Å². The molecular formula is C14H10BrF3N2S. The van der Waals surface area contributed by atoms with Gasteiger partial charge in [-0.3, -0.25) is 0 Å². The Morgan fingerprint density at radius 1 is 1.00 bits per heavy atom. The fourth-order valence-corrected chi connectivity index (χ4v) is 2.23. The van der Waals surface area contributed by atoms with Gasteiger partial charge < -0.3 is 10.6 Å². The van der Waals surface area contributed by atoms with Crippen molar-refractivity contribution in [2.75, 3.05) is 10.6 Å². The van der Waals surface area contributed by atoms with Gasteiger partial charge in [0.1, 0.15) is 0 Å². The summed E-state index contributed by atoms with van der Waals surface area (Å²) in [4.78, 5) is 0.